The highest BCUT2D eigenvalue weighted by Gasteiger charge is 2.14. The van der Waals surface area contributed by atoms with Crippen LogP contribution in [0.3, 0.4) is 0 Å². The molecule has 0 spiro atoms. The molecule has 2 N–H and O–H groups in total. The van der Waals surface area contributed by atoms with Gasteiger partial charge in [0.05, 0.1) is 4.90 Å². The number of aromatic nitrogens is 2. The molecule has 0 aliphatic heterocycles. The molecule has 1 heterocycles. The number of nitrogens with two attached hydrogens (primary N) is 1. The van der Waals surface area contributed by atoms with Crippen LogP contribution in [0.15, 0.2) is 21.4 Å². The molecule has 2 rings (SSSR count). The van der Waals surface area contributed by atoms with Gasteiger partial charge in [0, 0.05) is 0 Å². The lowest BCUT2D eigenvalue weighted by Gasteiger charge is -2.05. The van der Waals surface area contributed by atoms with Gasteiger partial charge in [-0.3, -0.25) is 0 Å². The molecule has 7 heteroatoms. The topological polar surface area (TPSA) is 51.8 Å². The van der Waals surface area contributed by atoms with E-state index in [9.17, 15) is 8.78 Å². The second kappa shape index (κ2) is 5.73. The fourth-order valence-electron chi connectivity index (χ4n) is 1.43. The Hall–Kier alpha value is -1.05. The highest BCUT2D eigenvalue weighted by Crippen LogP contribution is 2.34. The van der Waals surface area contributed by atoms with Crippen molar-refractivity contribution in [3.63, 3.8) is 0 Å². The Labute approximate surface area is 111 Å². The standard InChI is InChI=1S/C11H11F2N3S2/c1-6-15-16-11(17-6)18-10-8(12)4-7(2-3-14)5-9(10)13/h4-5H,2-3,14H2,1H3. The summed E-state index contributed by atoms with van der Waals surface area (Å²) >= 11 is 2.25. The van der Waals surface area contributed by atoms with Crippen LogP contribution in [0.1, 0.15) is 10.6 Å². The maximum atomic E-state index is 13.8. The zero-order valence-corrected chi connectivity index (χ0v) is 11.2. The van der Waals surface area contributed by atoms with Crippen molar-refractivity contribution in [2.75, 3.05) is 6.54 Å². The van der Waals surface area contributed by atoms with Gasteiger partial charge in [0.25, 0.3) is 0 Å². The molecule has 18 heavy (non-hydrogen) atoms. The molecule has 0 bridgehead atoms. The first-order valence-electron chi connectivity index (χ1n) is 5.26. The Bertz CT molecular complexity index is 534. The molecule has 0 amide bonds. The summed E-state index contributed by atoms with van der Waals surface area (Å²) in [7, 11) is 0. The third kappa shape index (κ3) is 3.04. The van der Waals surface area contributed by atoms with E-state index in [0.29, 0.717) is 22.9 Å². The zero-order valence-electron chi connectivity index (χ0n) is 9.61. The van der Waals surface area contributed by atoms with Gasteiger partial charge in [0.15, 0.2) is 4.34 Å². The first-order chi connectivity index (χ1) is 8.60. The molecule has 0 fully saturated rings. The van der Waals surface area contributed by atoms with E-state index in [0.717, 1.165) is 16.8 Å². The monoisotopic (exact) mass is 287 g/mol. The SMILES string of the molecule is Cc1nnc(Sc2c(F)cc(CCN)cc2F)s1. The van der Waals surface area contributed by atoms with Crippen molar-refractivity contribution in [1.82, 2.24) is 10.2 Å². The number of hydrogen-bond acceptors (Lipinski definition) is 5. The summed E-state index contributed by atoms with van der Waals surface area (Å²) in [5, 5.41) is 8.40. The van der Waals surface area contributed by atoms with Crippen LogP contribution in [-0.2, 0) is 6.42 Å². The van der Waals surface area contributed by atoms with Crippen LogP contribution < -0.4 is 5.73 Å². The Morgan fingerprint density at radius 1 is 1.28 bits per heavy atom. The minimum atomic E-state index is -0.587. The van der Waals surface area contributed by atoms with Gasteiger partial charge in [-0.25, -0.2) is 8.78 Å². The summed E-state index contributed by atoms with van der Waals surface area (Å²) in [4.78, 5) is -0.0491. The lowest BCUT2D eigenvalue weighted by atomic mass is 10.1. The van der Waals surface area contributed by atoms with Gasteiger partial charge in [0.2, 0.25) is 0 Å². The number of halogens is 2. The Morgan fingerprint density at radius 3 is 2.44 bits per heavy atom. The Morgan fingerprint density at radius 2 is 1.94 bits per heavy atom. The fourth-order valence-corrected chi connectivity index (χ4v) is 3.19. The van der Waals surface area contributed by atoms with Gasteiger partial charge < -0.3 is 5.73 Å². The smallest absolute Gasteiger partial charge is 0.179 e. The minimum absolute atomic E-state index is 0.0491. The van der Waals surface area contributed by atoms with Gasteiger partial charge in [-0.2, -0.15) is 0 Å². The quantitative estimate of drug-likeness (QED) is 0.939. The van der Waals surface area contributed by atoms with Gasteiger partial charge in [-0.15, -0.1) is 10.2 Å². The molecular weight excluding hydrogens is 276 g/mol. The highest BCUT2D eigenvalue weighted by molar-refractivity contribution is 8.01. The van der Waals surface area contributed by atoms with E-state index in [-0.39, 0.29) is 4.90 Å². The number of aryl methyl sites for hydroxylation is 1. The van der Waals surface area contributed by atoms with Crippen molar-refractivity contribution in [3.8, 4) is 0 Å². The minimum Gasteiger partial charge on any atom is -0.330 e. The lowest BCUT2D eigenvalue weighted by Crippen LogP contribution is -2.04. The van der Waals surface area contributed by atoms with Crippen LogP contribution in [0.5, 0.6) is 0 Å². The highest BCUT2D eigenvalue weighted by atomic mass is 32.2. The van der Waals surface area contributed by atoms with E-state index in [1.807, 2.05) is 0 Å². The van der Waals surface area contributed by atoms with Crippen LogP contribution in [0, 0.1) is 18.6 Å². The molecule has 0 radical (unpaired) electrons. The normalized spacial score (nSPS) is 10.9. The summed E-state index contributed by atoms with van der Waals surface area (Å²) < 4.78 is 28.1. The average molecular weight is 287 g/mol. The predicted octanol–water partition coefficient (Wildman–Crippen LogP) is 2.78. The molecule has 1 aromatic carbocycles. The van der Waals surface area contributed by atoms with Crippen LogP contribution in [0.25, 0.3) is 0 Å². The van der Waals surface area contributed by atoms with E-state index >= 15 is 0 Å². The van der Waals surface area contributed by atoms with Gasteiger partial charge in [0.1, 0.15) is 16.6 Å². The molecule has 0 saturated heterocycles. The molecule has 1 aromatic heterocycles. The second-order valence-electron chi connectivity index (χ2n) is 3.62. The third-order valence-electron chi connectivity index (χ3n) is 2.19. The average Bonchev–Trinajstić information content (AvgIpc) is 2.70. The molecule has 0 atom stereocenters. The van der Waals surface area contributed by atoms with Gasteiger partial charge in [-0.1, -0.05) is 23.1 Å². The first kappa shape index (κ1) is 13.4. The summed E-state index contributed by atoms with van der Waals surface area (Å²) in [6, 6.07) is 2.62. The zero-order chi connectivity index (χ0) is 13.1. The largest absolute Gasteiger partial charge is 0.330 e. The Balaban J connectivity index is 2.28. The second-order valence-corrected chi connectivity index (χ2v) is 6.06. The molecule has 0 aliphatic rings. The van der Waals surface area contributed by atoms with E-state index < -0.39 is 11.6 Å². The molecule has 96 valence electrons. The van der Waals surface area contributed by atoms with Crippen LogP contribution in [0.4, 0.5) is 8.78 Å². The summed E-state index contributed by atoms with van der Waals surface area (Å²) in [6.45, 7) is 2.15. The fraction of sp³-hybridized carbons (Fsp3) is 0.273. The summed E-state index contributed by atoms with van der Waals surface area (Å²) in [6.07, 6.45) is 0.455. The van der Waals surface area contributed by atoms with Crippen LogP contribution >= 0.6 is 23.1 Å². The van der Waals surface area contributed by atoms with Crippen molar-refractivity contribution in [2.45, 2.75) is 22.6 Å². The predicted molar refractivity (Wildman–Crippen MR) is 67.9 cm³/mol. The molecule has 0 aliphatic carbocycles. The van der Waals surface area contributed by atoms with E-state index in [1.54, 1.807) is 6.92 Å². The molecule has 2 aromatic rings. The number of benzene rings is 1. The summed E-state index contributed by atoms with van der Waals surface area (Å²) in [5.41, 5.74) is 5.92. The van der Waals surface area contributed by atoms with Crippen LogP contribution in [-0.4, -0.2) is 16.7 Å². The summed E-state index contributed by atoms with van der Waals surface area (Å²) in [5.74, 6) is -1.17. The Kier molecular flexibility index (Phi) is 4.26. The number of rotatable bonds is 4. The third-order valence-corrected chi connectivity index (χ3v) is 4.17. The maximum Gasteiger partial charge on any atom is 0.179 e. The molecule has 3 nitrogen and oxygen atoms in total. The van der Waals surface area contributed by atoms with Crippen molar-refractivity contribution < 1.29 is 8.78 Å². The molecule has 0 saturated carbocycles. The van der Waals surface area contributed by atoms with Gasteiger partial charge in [-0.05, 0) is 37.6 Å². The van der Waals surface area contributed by atoms with Crippen LogP contribution in [0.2, 0.25) is 0 Å². The maximum absolute atomic E-state index is 13.8. The molecular formula is C11H11F2N3S2. The molecule has 0 unspecified atom stereocenters. The first-order valence-corrected chi connectivity index (χ1v) is 6.89. The van der Waals surface area contributed by atoms with Crippen molar-refractivity contribution in [2.24, 2.45) is 5.73 Å². The van der Waals surface area contributed by atoms with E-state index in [4.69, 9.17) is 5.73 Å². The van der Waals surface area contributed by atoms with E-state index in [2.05, 4.69) is 10.2 Å². The van der Waals surface area contributed by atoms with Gasteiger partial charge >= 0.3 is 0 Å². The van der Waals surface area contributed by atoms with E-state index in [1.165, 1.54) is 23.5 Å². The number of hydrogen-bond donors (Lipinski definition) is 1. The number of nitrogens with zero attached hydrogens (tertiary/aromatic N) is 2. The van der Waals surface area contributed by atoms with Crippen molar-refractivity contribution in [1.29, 1.82) is 0 Å². The van der Waals surface area contributed by atoms with Crippen molar-refractivity contribution >= 4 is 23.1 Å². The lowest BCUT2D eigenvalue weighted by molar-refractivity contribution is 0.537. The van der Waals surface area contributed by atoms with Crippen molar-refractivity contribution in [3.05, 3.63) is 34.3 Å².